The third kappa shape index (κ3) is 2.21. The highest BCUT2D eigenvalue weighted by molar-refractivity contribution is 14.1. The summed E-state index contributed by atoms with van der Waals surface area (Å²) >= 11 is 7.51. The monoisotopic (exact) mass is 325 g/mol. The van der Waals surface area contributed by atoms with Gasteiger partial charge in [-0.3, -0.25) is 14.9 Å². The number of nitrogens with zero attached hydrogens (tertiary/aromatic N) is 1. The zero-order valence-electron chi connectivity index (χ0n) is 7.08. The zero-order chi connectivity index (χ0) is 10.9. The predicted molar refractivity (Wildman–Crippen MR) is 60.8 cm³/mol. The van der Waals surface area contributed by atoms with Gasteiger partial charge in [-0.05, 0) is 35.6 Å². The normalized spacial score (nSPS) is 9.93. The van der Waals surface area contributed by atoms with E-state index < -0.39 is 4.92 Å². The van der Waals surface area contributed by atoms with Crippen molar-refractivity contribution in [2.75, 3.05) is 0 Å². The molecule has 0 saturated carbocycles. The largest absolute Gasteiger partial charge is 0.294 e. The summed E-state index contributed by atoms with van der Waals surface area (Å²) < 4.78 is 0.534. The highest BCUT2D eigenvalue weighted by atomic mass is 127. The molecule has 1 rings (SSSR count). The summed E-state index contributed by atoms with van der Waals surface area (Å²) in [5.74, 6) is -0.161. The van der Waals surface area contributed by atoms with Gasteiger partial charge < -0.3 is 0 Å². The summed E-state index contributed by atoms with van der Waals surface area (Å²) in [6, 6.07) is 2.61. The molecule has 0 unspecified atom stereocenters. The van der Waals surface area contributed by atoms with Gasteiger partial charge in [-0.25, -0.2) is 0 Å². The van der Waals surface area contributed by atoms with E-state index >= 15 is 0 Å². The highest BCUT2D eigenvalue weighted by Crippen LogP contribution is 2.29. The lowest BCUT2D eigenvalue weighted by Crippen LogP contribution is -1.98. The summed E-state index contributed by atoms with van der Waals surface area (Å²) in [6.07, 6.45) is 0. The smallest absolute Gasteiger partial charge is 0.288 e. The molecule has 0 amide bonds. The summed E-state index contributed by atoms with van der Waals surface area (Å²) in [6.45, 7) is 1.39. The van der Waals surface area contributed by atoms with Crippen molar-refractivity contribution in [3.05, 3.63) is 36.4 Å². The number of hydrogen-bond donors (Lipinski definition) is 0. The third-order valence-corrected chi connectivity index (χ3v) is 2.81. The molecule has 0 atom stereocenters. The summed E-state index contributed by atoms with van der Waals surface area (Å²) in [5, 5.41) is 10.5. The molecule has 14 heavy (non-hydrogen) atoms. The van der Waals surface area contributed by atoms with Gasteiger partial charge in [-0.15, -0.1) is 0 Å². The molecule has 0 aromatic heterocycles. The molecular formula is C8H5ClINO3. The molecule has 1 aromatic rings. The van der Waals surface area contributed by atoms with E-state index in [0.717, 1.165) is 0 Å². The Labute approximate surface area is 98.5 Å². The number of halogens is 2. The Bertz CT molecular complexity index is 380. The number of rotatable bonds is 2. The van der Waals surface area contributed by atoms with Crippen LogP contribution in [0.2, 0.25) is 5.02 Å². The summed E-state index contributed by atoms with van der Waals surface area (Å²) in [7, 11) is 0. The summed E-state index contributed by atoms with van der Waals surface area (Å²) in [5.41, 5.74) is 0.224. The first kappa shape index (κ1) is 11.4. The SMILES string of the molecule is CC(=O)c1cc(Cl)c([N+](=O)[O-])cc1I. The number of nitro benzene ring substituents is 1. The molecule has 0 aliphatic rings. The number of carbonyl (C=O) groups is 1. The molecule has 0 N–H and O–H groups in total. The molecule has 0 bridgehead atoms. The van der Waals surface area contributed by atoms with E-state index in [-0.39, 0.29) is 16.5 Å². The maximum atomic E-state index is 11.1. The predicted octanol–water partition coefficient (Wildman–Crippen LogP) is 3.06. The van der Waals surface area contributed by atoms with Crippen LogP contribution in [0.25, 0.3) is 0 Å². The second-order valence-electron chi connectivity index (χ2n) is 2.60. The molecule has 0 fully saturated rings. The Morgan fingerprint density at radius 3 is 2.57 bits per heavy atom. The van der Waals surface area contributed by atoms with Crippen molar-refractivity contribution in [1.82, 2.24) is 0 Å². The number of Topliss-reactive ketones (excluding diaryl/α,β-unsaturated/α-hetero) is 1. The molecular weight excluding hydrogens is 320 g/mol. The number of hydrogen-bond acceptors (Lipinski definition) is 3. The minimum absolute atomic E-state index is 0.0133. The average Bonchev–Trinajstić information content (AvgIpc) is 2.07. The van der Waals surface area contributed by atoms with Crippen molar-refractivity contribution in [2.24, 2.45) is 0 Å². The van der Waals surface area contributed by atoms with Crippen LogP contribution >= 0.6 is 34.2 Å². The molecule has 0 heterocycles. The zero-order valence-corrected chi connectivity index (χ0v) is 10.00. The van der Waals surface area contributed by atoms with E-state index in [1.54, 1.807) is 0 Å². The molecule has 1 aromatic carbocycles. The minimum atomic E-state index is -0.575. The van der Waals surface area contributed by atoms with Crippen LogP contribution < -0.4 is 0 Å². The van der Waals surface area contributed by atoms with Gasteiger partial charge >= 0.3 is 0 Å². The molecule has 0 saturated heterocycles. The maximum absolute atomic E-state index is 11.1. The fraction of sp³-hybridized carbons (Fsp3) is 0.125. The standard InChI is InChI=1S/C8H5ClINO3/c1-4(12)5-2-6(9)8(11(13)14)3-7(5)10/h2-3H,1H3. The van der Waals surface area contributed by atoms with Gasteiger partial charge in [0.1, 0.15) is 5.02 Å². The van der Waals surface area contributed by atoms with Crippen molar-refractivity contribution in [1.29, 1.82) is 0 Å². The molecule has 0 aliphatic carbocycles. The van der Waals surface area contributed by atoms with Crippen LogP contribution in [-0.2, 0) is 0 Å². The first-order valence-corrected chi connectivity index (χ1v) is 5.03. The third-order valence-electron chi connectivity index (χ3n) is 1.61. The molecule has 6 heteroatoms. The van der Waals surface area contributed by atoms with Crippen LogP contribution in [0.4, 0.5) is 5.69 Å². The Balaban J connectivity index is 3.38. The Morgan fingerprint density at radius 2 is 2.14 bits per heavy atom. The van der Waals surface area contributed by atoms with Gasteiger partial charge in [0.25, 0.3) is 5.69 Å². The van der Waals surface area contributed by atoms with E-state index in [4.69, 9.17) is 11.6 Å². The highest BCUT2D eigenvalue weighted by Gasteiger charge is 2.17. The van der Waals surface area contributed by atoms with Crippen LogP contribution in [0, 0.1) is 13.7 Å². The lowest BCUT2D eigenvalue weighted by Gasteiger charge is -2.01. The fourth-order valence-electron chi connectivity index (χ4n) is 0.946. The van der Waals surface area contributed by atoms with Gasteiger partial charge in [0.15, 0.2) is 5.78 Å². The average molecular weight is 325 g/mol. The van der Waals surface area contributed by atoms with Crippen molar-refractivity contribution >= 4 is 45.7 Å². The first-order valence-electron chi connectivity index (χ1n) is 3.58. The van der Waals surface area contributed by atoms with Crippen LogP contribution in [0.1, 0.15) is 17.3 Å². The Hall–Kier alpha value is -0.690. The molecule has 4 nitrogen and oxygen atoms in total. The van der Waals surface area contributed by atoms with Crippen LogP contribution in [0.3, 0.4) is 0 Å². The topological polar surface area (TPSA) is 60.2 Å². The van der Waals surface area contributed by atoms with Gasteiger partial charge in [0, 0.05) is 15.2 Å². The van der Waals surface area contributed by atoms with E-state index in [1.807, 2.05) is 22.6 Å². The Kier molecular flexibility index (Phi) is 3.43. The van der Waals surface area contributed by atoms with Crippen molar-refractivity contribution in [3.63, 3.8) is 0 Å². The lowest BCUT2D eigenvalue weighted by atomic mass is 10.1. The van der Waals surface area contributed by atoms with Gasteiger partial charge in [-0.1, -0.05) is 11.6 Å². The fourth-order valence-corrected chi connectivity index (χ4v) is 2.01. The quantitative estimate of drug-likeness (QED) is 0.363. The number of benzene rings is 1. The maximum Gasteiger partial charge on any atom is 0.288 e. The molecule has 74 valence electrons. The van der Waals surface area contributed by atoms with Crippen LogP contribution in [-0.4, -0.2) is 10.7 Å². The number of ketones is 1. The van der Waals surface area contributed by atoms with Crippen molar-refractivity contribution in [2.45, 2.75) is 6.92 Å². The Morgan fingerprint density at radius 1 is 1.57 bits per heavy atom. The van der Waals surface area contributed by atoms with E-state index in [0.29, 0.717) is 9.13 Å². The van der Waals surface area contributed by atoms with Crippen LogP contribution in [0.5, 0.6) is 0 Å². The molecule has 0 spiro atoms. The van der Waals surface area contributed by atoms with Crippen LogP contribution in [0.15, 0.2) is 12.1 Å². The van der Waals surface area contributed by atoms with E-state index in [9.17, 15) is 14.9 Å². The lowest BCUT2D eigenvalue weighted by molar-refractivity contribution is -0.384. The molecule has 0 radical (unpaired) electrons. The minimum Gasteiger partial charge on any atom is -0.294 e. The van der Waals surface area contributed by atoms with Gasteiger partial charge in [-0.2, -0.15) is 0 Å². The van der Waals surface area contributed by atoms with E-state index in [1.165, 1.54) is 19.1 Å². The second-order valence-corrected chi connectivity index (χ2v) is 4.17. The van der Waals surface area contributed by atoms with Gasteiger partial charge in [0.2, 0.25) is 0 Å². The number of nitro groups is 1. The van der Waals surface area contributed by atoms with Crippen molar-refractivity contribution < 1.29 is 9.72 Å². The number of carbonyl (C=O) groups excluding carboxylic acids is 1. The van der Waals surface area contributed by atoms with E-state index in [2.05, 4.69) is 0 Å². The van der Waals surface area contributed by atoms with Crippen molar-refractivity contribution in [3.8, 4) is 0 Å². The second kappa shape index (κ2) is 4.22. The molecule has 0 aliphatic heterocycles. The summed E-state index contributed by atoms with van der Waals surface area (Å²) in [4.78, 5) is 21.0. The first-order chi connectivity index (χ1) is 6.43. The van der Waals surface area contributed by atoms with Gasteiger partial charge in [0.05, 0.1) is 4.92 Å².